The highest BCUT2D eigenvalue weighted by atomic mass is 32.2. The predicted molar refractivity (Wildman–Crippen MR) is 154 cm³/mol. The van der Waals surface area contributed by atoms with Gasteiger partial charge in [0.05, 0.1) is 23.7 Å². The summed E-state index contributed by atoms with van der Waals surface area (Å²) in [7, 11) is -2.96. The zero-order chi connectivity index (χ0) is 28.5. The summed E-state index contributed by atoms with van der Waals surface area (Å²) in [5.41, 5.74) is 1.99. The smallest absolute Gasteiger partial charge is 0.435 e. The molecule has 0 aliphatic carbocycles. The number of piperidine rings is 1. The Labute approximate surface area is 233 Å². The second kappa shape index (κ2) is 11.0. The normalized spacial score (nSPS) is 15.2. The minimum Gasteiger partial charge on any atom is -0.459 e. The van der Waals surface area contributed by atoms with E-state index in [1.165, 1.54) is 10.9 Å². The molecule has 0 spiro atoms. The largest absolute Gasteiger partial charge is 0.459 e. The summed E-state index contributed by atoms with van der Waals surface area (Å²) in [6.45, 7) is 8.29. The van der Waals surface area contributed by atoms with Gasteiger partial charge in [0.2, 0.25) is 5.95 Å². The zero-order valence-corrected chi connectivity index (χ0v) is 24.0. The van der Waals surface area contributed by atoms with Crippen molar-refractivity contribution in [2.75, 3.05) is 48.4 Å². The van der Waals surface area contributed by atoms with Crippen LogP contribution in [0.5, 0.6) is 0 Å². The highest BCUT2D eigenvalue weighted by Gasteiger charge is 2.24. The number of hydrogen-bond donors (Lipinski definition) is 2. The van der Waals surface area contributed by atoms with Gasteiger partial charge in [-0.25, -0.2) is 18.2 Å². The standard InChI is InChI=1S/C27H35N7O5S/c1-27(2,3)39-26(35)34-22-15-20(6-5-19(22)17-29-34)30-25-31-21-9-13-38-23(21)24(32-25)33-11-7-18(8-12-33)16-28-10-14-40(4,36)37/h5-6,9,13,15,17-18,28H,7-8,10-12,14,16H2,1-4H3,(H,30,31,32). The molecule has 1 aliphatic rings. The lowest BCUT2D eigenvalue weighted by molar-refractivity contribution is 0.0522. The first-order valence-electron chi connectivity index (χ1n) is 13.3. The number of nitrogens with one attached hydrogen (secondary N) is 2. The van der Waals surface area contributed by atoms with E-state index in [1.807, 2.05) is 45.0 Å². The van der Waals surface area contributed by atoms with Gasteiger partial charge in [-0.1, -0.05) is 0 Å². The minimum atomic E-state index is -2.96. The number of nitrogens with zero attached hydrogens (tertiary/aromatic N) is 5. The van der Waals surface area contributed by atoms with E-state index in [4.69, 9.17) is 14.1 Å². The molecule has 5 rings (SSSR count). The molecule has 0 bridgehead atoms. The number of fused-ring (bicyclic) bond motifs is 2. The predicted octanol–water partition coefficient (Wildman–Crippen LogP) is 3.95. The first kappa shape index (κ1) is 27.8. The van der Waals surface area contributed by atoms with Gasteiger partial charge in [-0.05, 0) is 64.3 Å². The average molecular weight is 570 g/mol. The zero-order valence-electron chi connectivity index (χ0n) is 23.2. The fourth-order valence-corrected chi connectivity index (χ4v) is 5.22. The maximum atomic E-state index is 12.7. The number of benzene rings is 1. The summed E-state index contributed by atoms with van der Waals surface area (Å²) in [6.07, 6.45) is 5.84. The monoisotopic (exact) mass is 569 g/mol. The molecule has 0 amide bonds. The Morgan fingerprint density at radius 1 is 1.18 bits per heavy atom. The number of furan rings is 1. The van der Waals surface area contributed by atoms with E-state index in [0.717, 1.165) is 43.7 Å². The molecule has 0 atom stereocenters. The van der Waals surface area contributed by atoms with Gasteiger partial charge < -0.3 is 24.7 Å². The lowest BCUT2D eigenvalue weighted by Crippen LogP contribution is -2.38. The van der Waals surface area contributed by atoms with Crippen molar-refractivity contribution < 1.29 is 22.4 Å². The Morgan fingerprint density at radius 2 is 1.95 bits per heavy atom. The molecule has 4 heterocycles. The molecule has 13 heteroatoms. The van der Waals surface area contributed by atoms with Gasteiger partial charge in [-0.2, -0.15) is 14.8 Å². The van der Waals surface area contributed by atoms with Crippen LogP contribution in [0.4, 0.5) is 22.2 Å². The maximum Gasteiger partial charge on any atom is 0.435 e. The van der Waals surface area contributed by atoms with Crippen LogP contribution in [0.1, 0.15) is 33.6 Å². The average Bonchev–Trinajstić information content (AvgIpc) is 3.52. The van der Waals surface area contributed by atoms with Crippen LogP contribution >= 0.6 is 0 Å². The summed E-state index contributed by atoms with van der Waals surface area (Å²) in [5, 5.41) is 11.6. The summed E-state index contributed by atoms with van der Waals surface area (Å²) in [6, 6.07) is 7.38. The van der Waals surface area contributed by atoms with Gasteiger partial charge >= 0.3 is 6.09 Å². The van der Waals surface area contributed by atoms with Crippen LogP contribution in [-0.4, -0.2) is 78.0 Å². The van der Waals surface area contributed by atoms with E-state index in [2.05, 4.69) is 25.6 Å². The fraction of sp³-hybridized carbons (Fsp3) is 0.481. The molecule has 0 saturated carbocycles. The van der Waals surface area contributed by atoms with Crippen LogP contribution in [0.3, 0.4) is 0 Å². The number of sulfone groups is 1. The van der Waals surface area contributed by atoms with E-state index in [0.29, 0.717) is 40.7 Å². The summed E-state index contributed by atoms with van der Waals surface area (Å²) >= 11 is 0. The molecular formula is C27H35N7O5S. The maximum absolute atomic E-state index is 12.7. The van der Waals surface area contributed by atoms with Crippen molar-refractivity contribution in [2.24, 2.45) is 5.92 Å². The second-order valence-corrected chi connectivity index (χ2v) is 13.5. The molecule has 2 N–H and O–H groups in total. The van der Waals surface area contributed by atoms with Crippen molar-refractivity contribution in [3.05, 3.63) is 36.7 Å². The van der Waals surface area contributed by atoms with E-state index < -0.39 is 21.5 Å². The number of aromatic nitrogens is 4. The molecule has 0 radical (unpaired) electrons. The van der Waals surface area contributed by atoms with Crippen LogP contribution in [0.2, 0.25) is 0 Å². The van der Waals surface area contributed by atoms with E-state index in [1.54, 1.807) is 12.5 Å². The quantitative estimate of drug-likeness (QED) is 0.298. The number of rotatable bonds is 8. The minimum absolute atomic E-state index is 0.148. The van der Waals surface area contributed by atoms with Gasteiger partial charge in [0.25, 0.3) is 0 Å². The van der Waals surface area contributed by atoms with Gasteiger partial charge in [-0.3, -0.25) is 0 Å². The molecule has 0 unspecified atom stereocenters. The van der Waals surface area contributed by atoms with Gasteiger partial charge in [-0.15, -0.1) is 0 Å². The van der Waals surface area contributed by atoms with Gasteiger partial charge in [0, 0.05) is 43.0 Å². The highest BCUT2D eigenvalue weighted by Crippen LogP contribution is 2.31. The second-order valence-electron chi connectivity index (χ2n) is 11.2. The van der Waals surface area contributed by atoms with E-state index >= 15 is 0 Å². The molecule has 1 aromatic carbocycles. The SMILES string of the molecule is CC(C)(C)OC(=O)n1ncc2ccc(Nc3nc(N4CCC(CNCCS(C)(=O)=O)CC4)c4occc4n3)cc21. The highest BCUT2D eigenvalue weighted by molar-refractivity contribution is 7.90. The Hall–Kier alpha value is -3.71. The topological polar surface area (TPSA) is 144 Å². The summed E-state index contributed by atoms with van der Waals surface area (Å²) in [4.78, 5) is 24.3. The van der Waals surface area contributed by atoms with Crippen LogP contribution in [0, 0.1) is 5.92 Å². The van der Waals surface area contributed by atoms with E-state index in [9.17, 15) is 13.2 Å². The molecule has 214 valence electrons. The third-order valence-electron chi connectivity index (χ3n) is 6.68. The Bertz CT molecular complexity index is 1620. The van der Waals surface area contributed by atoms with Crippen LogP contribution in [0.25, 0.3) is 22.0 Å². The molecule has 1 fully saturated rings. The van der Waals surface area contributed by atoms with Crippen molar-refractivity contribution in [1.82, 2.24) is 25.1 Å². The van der Waals surface area contributed by atoms with Crippen LogP contribution < -0.4 is 15.5 Å². The number of carbonyl (C=O) groups excluding carboxylic acids is 1. The first-order chi connectivity index (χ1) is 18.9. The van der Waals surface area contributed by atoms with Crippen LogP contribution in [0.15, 0.2) is 41.1 Å². The molecule has 1 aliphatic heterocycles. The van der Waals surface area contributed by atoms with E-state index in [-0.39, 0.29) is 5.75 Å². The number of anilines is 3. The lowest BCUT2D eigenvalue weighted by Gasteiger charge is -2.33. The third kappa shape index (κ3) is 6.70. The molecule has 12 nitrogen and oxygen atoms in total. The Morgan fingerprint density at radius 3 is 2.67 bits per heavy atom. The van der Waals surface area contributed by atoms with Crippen molar-refractivity contribution in [3.63, 3.8) is 0 Å². The number of hydrogen-bond acceptors (Lipinski definition) is 11. The van der Waals surface area contributed by atoms with Crippen molar-refractivity contribution in [1.29, 1.82) is 0 Å². The van der Waals surface area contributed by atoms with Crippen molar-refractivity contribution in [2.45, 2.75) is 39.2 Å². The molecule has 40 heavy (non-hydrogen) atoms. The molecule has 4 aromatic rings. The molecular weight excluding hydrogens is 534 g/mol. The first-order valence-corrected chi connectivity index (χ1v) is 15.4. The van der Waals surface area contributed by atoms with Crippen molar-refractivity contribution in [3.8, 4) is 0 Å². The molecule has 1 saturated heterocycles. The van der Waals surface area contributed by atoms with Gasteiger partial charge in [0.15, 0.2) is 11.4 Å². The Kier molecular flexibility index (Phi) is 7.69. The summed E-state index contributed by atoms with van der Waals surface area (Å²) in [5.74, 6) is 1.75. The Balaban J connectivity index is 1.30. The van der Waals surface area contributed by atoms with Gasteiger partial charge in [0.1, 0.15) is 21.0 Å². The fourth-order valence-electron chi connectivity index (χ4n) is 4.71. The third-order valence-corrected chi connectivity index (χ3v) is 7.62. The number of carbonyl (C=O) groups is 1. The summed E-state index contributed by atoms with van der Waals surface area (Å²) < 4.78 is 35.2. The molecule has 3 aromatic heterocycles. The number of ether oxygens (including phenoxy) is 1. The van der Waals surface area contributed by atoms with Crippen LogP contribution in [-0.2, 0) is 14.6 Å². The lowest BCUT2D eigenvalue weighted by atomic mass is 9.97. The van der Waals surface area contributed by atoms with Crippen molar-refractivity contribution >= 4 is 55.4 Å².